The van der Waals surface area contributed by atoms with Crippen LogP contribution in [-0.2, 0) is 6.42 Å². The zero-order valence-electron chi connectivity index (χ0n) is 11.7. The molecule has 0 bridgehead atoms. The Bertz CT molecular complexity index is 512. The molecule has 1 aromatic carbocycles. The van der Waals surface area contributed by atoms with Crippen LogP contribution in [0.5, 0.6) is 5.75 Å². The highest BCUT2D eigenvalue weighted by atomic mass is 16.5. The van der Waals surface area contributed by atoms with E-state index in [2.05, 4.69) is 27.4 Å². The predicted octanol–water partition coefficient (Wildman–Crippen LogP) is 2.22. The Morgan fingerprint density at radius 1 is 1.40 bits per heavy atom. The zero-order valence-corrected chi connectivity index (χ0v) is 11.7. The average molecular weight is 275 g/mol. The second-order valence-corrected chi connectivity index (χ2v) is 4.53. The van der Waals surface area contributed by atoms with Gasteiger partial charge in [-0.25, -0.2) is 4.98 Å². The Balaban J connectivity index is 1.82. The summed E-state index contributed by atoms with van der Waals surface area (Å²) in [6.45, 7) is 3.57. The average Bonchev–Trinajstić information content (AvgIpc) is 2.97. The first-order valence-corrected chi connectivity index (χ1v) is 6.90. The maximum absolute atomic E-state index is 6.08. The van der Waals surface area contributed by atoms with Gasteiger partial charge in [-0.1, -0.05) is 13.0 Å². The minimum Gasteiger partial charge on any atom is -0.491 e. The van der Waals surface area contributed by atoms with Crippen molar-refractivity contribution in [3.8, 4) is 5.75 Å². The lowest BCUT2D eigenvalue weighted by Crippen LogP contribution is -2.07. The summed E-state index contributed by atoms with van der Waals surface area (Å²) in [5, 5.41) is 9.99. The van der Waals surface area contributed by atoms with Gasteiger partial charge in [0, 0.05) is 13.0 Å². The van der Waals surface area contributed by atoms with E-state index in [-0.39, 0.29) is 0 Å². The summed E-state index contributed by atoms with van der Waals surface area (Å²) in [5.41, 5.74) is 7.67. The lowest BCUT2D eigenvalue weighted by Gasteiger charge is -2.13. The van der Waals surface area contributed by atoms with Gasteiger partial charge in [-0.15, -0.1) is 0 Å². The number of hydrogen-bond acceptors (Lipinski definition) is 5. The molecule has 2 aromatic rings. The van der Waals surface area contributed by atoms with Gasteiger partial charge in [0.05, 0.1) is 18.0 Å². The van der Waals surface area contributed by atoms with Crippen molar-refractivity contribution in [2.45, 2.75) is 26.2 Å². The largest absolute Gasteiger partial charge is 0.491 e. The maximum Gasteiger partial charge on any atom is 0.144 e. The van der Waals surface area contributed by atoms with Gasteiger partial charge in [0.1, 0.15) is 17.9 Å². The van der Waals surface area contributed by atoms with Crippen molar-refractivity contribution in [2.75, 3.05) is 24.2 Å². The molecule has 0 atom stereocenters. The number of aromatic nitrogens is 3. The molecule has 0 aliphatic heterocycles. The first-order chi connectivity index (χ1) is 9.81. The molecule has 0 amide bonds. The number of aromatic amines is 1. The van der Waals surface area contributed by atoms with Crippen LogP contribution >= 0.6 is 0 Å². The van der Waals surface area contributed by atoms with E-state index >= 15 is 0 Å². The van der Waals surface area contributed by atoms with Crippen molar-refractivity contribution in [3.05, 3.63) is 30.4 Å². The second kappa shape index (κ2) is 7.37. The molecule has 0 saturated heterocycles. The highest BCUT2D eigenvalue weighted by molar-refractivity contribution is 5.72. The van der Waals surface area contributed by atoms with Gasteiger partial charge < -0.3 is 15.8 Å². The van der Waals surface area contributed by atoms with Crippen LogP contribution in [0.3, 0.4) is 0 Å². The number of rotatable bonds is 8. The van der Waals surface area contributed by atoms with E-state index < -0.39 is 0 Å². The lowest BCUT2D eigenvalue weighted by atomic mass is 10.2. The predicted molar refractivity (Wildman–Crippen MR) is 79.8 cm³/mol. The number of ether oxygens (including phenoxy) is 1. The summed E-state index contributed by atoms with van der Waals surface area (Å²) >= 11 is 0. The molecule has 20 heavy (non-hydrogen) atoms. The van der Waals surface area contributed by atoms with Gasteiger partial charge in [0.2, 0.25) is 0 Å². The molecule has 1 heterocycles. The quantitative estimate of drug-likeness (QED) is 0.508. The summed E-state index contributed by atoms with van der Waals surface area (Å²) in [6.07, 6.45) is 4.30. The summed E-state index contributed by atoms with van der Waals surface area (Å²) < 4.78 is 5.60. The van der Waals surface area contributed by atoms with E-state index in [9.17, 15) is 0 Å². The molecular formula is C14H21N5O. The van der Waals surface area contributed by atoms with Gasteiger partial charge in [0.25, 0.3) is 0 Å². The maximum atomic E-state index is 6.08. The standard InChI is InChI=1S/C14H21N5O/c1-2-9-20-12-6-3-5-11(14(12)15)16-8-4-7-13-17-10-18-19-13/h3,5-6,10,16H,2,4,7-9,15H2,1H3,(H,17,18,19). The molecule has 2 rings (SSSR count). The Kier molecular flexibility index (Phi) is 5.23. The lowest BCUT2D eigenvalue weighted by molar-refractivity contribution is 0.319. The zero-order chi connectivity index (χ0) is 14.2. The third-order valence-corrected chi connectivity index (χ3v) is 2.90. The van der Waals surface area contributed by atoms with E-state index in [0.29, 0.717) is 12.3 Å². The van der Waals surface area contributed by atoms with E-state index in [4.69, 9.17) is 10.5 Å². The first-order valence-electron chi connectivity index (χ1n) is 6.90. The number of para-hydroxylation sites is 1. The summed E-state index contributed by atoms with van der Waals surface area (Å²) in [4.78, 5) is 4.09. The number of benzene rings is 1. The minimum absolute atomic E-state index is 0.667. The van der Waals surface area contributed by atoms with Crippen LogP contribution < -0.4 is 15.8 Å². The molecule has 0 fully saturated rings. The molecule has 0 unspecified atom stereocenters. The van der Waals surface area contributed by atoms with Crippen LogP contribution in [0.1, 0.15) is 25.6 Å². The molecule has 6 heteroatoms. The Labute approximate surface area is 118 Å². The Morgan fingerprint density at radius 3 is 3.05 bits per heavy atom. The number of nitrogens with two attached hydrogens (primary N) is 1. The van der Waals surface area contributed by atoms with Gasteiger partial charge in [-0.05, 0) is 25.0 Å². The van der Waals surface area contributed by atoms with Crippen molar-refractivity contribution >= 4 is 11.4 Å². The first kappa shape index (κ1) is 14.2. The normalized spacial score (nSPS) is 10.4. The molecule has 0 aliphatic carbocycles. The highest BCUT2D eigenvalue weighted by Crippen LogP contribution is 2.29. The van der Waals surface area contributed by atoms with E-state index in [1.165, 1.54) is 6.33 Å². The molecule has 6 nitrogen and oxygen atoms in total. The number of nitrogens with zero attached hydrogens (tertiary/aromatic N) is 2. The number of nitrogen functional groups attached to an aromatic ring is 1. The van der Waals surface area contributed by atoms with E-state index in [1.807, 2.05) is 18.2 Å². The van der Waals surface area contributed by atoms with Crippen LogP contribution in [0.4, 0.5) is 11.4 Å². The van der Waals surface area contributed by atoms with Crippen molar-refractivity contribution in [1.29, 1.82) is 0 Å². The van der Waals surface area contributed by atoms with E-state index in [0.717, 1.165) is 43.1 Å². The third-order valence-electron chi connectivity index (χ3n) is 2.90. The molecule has 108 valence electrons. The van der Waals surface area contributed by atoms with Crippen LogP contribution in [0.2, 0.25) is 0 Å². The van der Waals surface area contributed by atoms with Crippen molar-refractivity contribution in [1.82, 2.24) is 15.2 Å². The second-order valence-electron chi connectivity index (χ2n) is 4.53. The molecule has 0 aliphatic rings. The molecule has 0 spiro atoms. The van der Waals surface area contributed by atoms with Gasteiger partial charge in [0.15, 0.2) is 0 Å². The fourth-order valence-corrected chi connectivity index (χ4v) is 1.87. The number of H-pyrrole nitrogens is 1. The fourth-order valence-electron chi connectivity index (χ4n) is 1.87. The molecule has 1 aromatic heterocycles. The van der Waals surface area contributed by atoms with Crippen molar-refractivity contribution in [2.24, 2.45) is 0 Å². The summed E-state index contributed by atoms with van der Waals surface area (Å²) in [6, 6.07) is 5.80. The fraction of sp³-hybridized carbons (Fsp3) is 0.429. The SMILES string of the molecule is CCCOc1cccc(NCCCc2ncn[nH]2)c1N. The van der Waals surface area contributed by atoms with Gasteiger partial charge in [-0.3, -0.25) is 5.10 Å². The highest BCUT2D eigenvalue weighted by Gasteiger charge is 2.05. The minimum atomic E-state index is 0.667. The smallest absolute Gasteiger partial charge is 0.144 e. The number of nitrogens with one attached hydrogen (secondary N) is 2. The van der Waals surface area contributed by atoms with Crippen LogP contribution in [0, 0.1) is 0 Å². The monoisotopic (exact) mass is 275 g/mol. The molecular weight excluding hydrogens is 254 g/mol. The Hall–Kier alpha value is -2.24. The van der Waals surface area contributed by atoms with Crippen LogP contribution in [-0.4, -0.2) is 28.3 Å². The topological polar surface area (TPSA) is 88.8 Å². The number of anilines is 2. The molecule has 0 radical (unpaired) electrons. The van der Waals surface area contributed by atoms with Gasteiger partial charge in [-0.2, -0.15) is 5.10 Å². The molecule has 0 saturated carbocycles. The van der Waals surface area contributed by atoms with E-state index in [1.54, 1.807) is 0 Å². The van der Waals surface area contributed by atoms with Crippen LogP contribution in [0.25, 0.3) is 0 Å². The molecule has 4 N–H and O–H groups in total. The summed E-state index contributed by atoms with van der Waals surface area (Å²) in [5.74, 6) is 1.65. The van der Waals surface area contributed by atoms with Crippen molar-refractivity contribution in [3.63, 3.8) is 0 Å². The van der Waals surface area contributed by atoms with Gasteiger partial charge >= 0.3 is 0 Å². The van der Waals surface area contributed by atoms with Crippen LogP contribution in [0.15, 0.2) is 24.5 Å². The third kappa shape index (κ3) is 3.88. The van der Waals surface area contributed by atoms with Crippen molar-refractivity contribution < 1.29 is 4.74 Å². The Morgan fingerprint density at radius 2 is 2.30 bits per heavy atom. The number of hydrogen-bond donors (Lipinski definition) is 3. The summed E-state index contributed by atoms with van der Waals surface area (Å²) in [7, 11) is 0. The number of aryl methyl sites for hydroxylation is 1.